The highest BCUT2D eigenvalue weighted by molar-refractivity contribution is 5.85. The SMILES string of the molecule is Cc1ccccc1CN1C(=O)COCC1C(=O)O. The second-order valence-electron chi connectivity index (χ2n) is 4.32. The zero-order valence-corrected chi connectivity index (χ0v) is 10.1. The fraction of sp³-hybridized carbons (Fsp3) is 0.385. The van der Waals surface area contributed by atoms with Gasteiger partial charge < -0.3 is 14.7 Å². The maximum atomic E-state index is 11.8. The molecular formula is C13H15NO4. The number of aliphatic carboxylic acids is 1. The van der Waals surface area contributed by atoms with E-state index < -0.39 is 12.0 Å². The molecule has 1 fully saturated rings. The molecule has 1 aliphatic heterocycles. The first-order valence-electron chi connectivity index (χ1n) is 5.74. The van der Waals surface area contributed by atoms with Crippen LogP contribution >= 0.6 is 0 Å². The number of carbonyl (C=O) groups is 2. The quantitative estimate of drug-likeness (QED) is 0.860. The number of carboxylic acids is 1. The number of benzene rings is 1. The summed E-state index contributed by atoms with van der Waals surface area (Å²) in [5.41, 5.74) is 2.00. The molecule has 0 bridgehead atoms. The van der Waals surface area contributed by atoms with Crippen molar-refractivity contribution in [3.8, 4) is 0 Å². The third-order valence-corrected chi connectivity index (χ3v) is 3.08. The molecule has 1 aromatic carbocycles. The van der Waals surface area contributed by atoms with Gasteiger partial charge in [-0.05, 0) is 18.1 Å². The topological polar surface area (TPSA) is 66.8 Å². The third-order valence-electron chi connectivity index (χ3n) is 3.08. The van der Waals surface area contributed by atoms with Crippen LogP contribution in [0.3, 0.4) is 0 Å². The maximum absolute atomic E-state index is 11.8. The molecule has 1 aliphatic rings. The van der Waals surface area contributed by atoms with Crippen LogP contribution in [0.5, 0.6) is 0 Å². The predicted molar refractivity (Wildman–Crippen MR) is 64.0 cm³/mol. The van der Waals surface area contributed by atoms with Crippen molar-refractivity contribution in [3.05, 3.63) is 35.4 Å². The first-order chi connectivity index (χ1) is 8.59. The molecule has 1 atom stereocenters. The van der Waals surface area contributed by atoms with E-state index in [1.165, 1.54) is 4.90 Å². The van der Waals surface area contributed by atoms with Crippen LogP contribution in [0.15, 0.2) is 24.3 Å². The van der Waals surface area contributed by atoms with Gasteiger partial charge in [0.1, 0.15) is 6.61 Å². The number of nitrogens with zero attached hydrogens (tertiary/aromatic N) is 1. The lowest BCUT2D eigenvalue weighted by Crippen LogP contribution is -2.52. The van der Waals surface area contributed by atoms with Crippen molar-refractivity contribution in [1.29, 1.82) is 0 Å². The third kappa shape index (κ3) is 2.51. The average Bonchev–Trinajstić information content (AvgIpc) is 2.34. The van der Waals surface area contributed by atoms with Crippen molar-refractivity contribution in [3.63, 3.8) is 0 Å². The van der Waals surface area contributed by atoms with Crippen molar-refractivity contribution >= 4 is 11.9 Å². The van der Waals surface area contributed by atoms with Crippen LogP contribution in [0.1, 0.15) is 11.1 Å². The molecule has 1 saturated heterocycles. The highest BCUT2D eigenvalue weighted by atomic mass is 16.5. The van der Waals surface area contributed by atoms with Gasteiger partial charge >= 0.3 is 5.97 Å². The molecule has 1 N–H and O–H groups in total. The first-order valence-corrected chi connectivity index (χ1v) is 5.74. The number of carboxylic acid groups (broad SMARTS) is 1. The fourth-order valence-corrected chi connectivity index (χ4v) is 1.98. The second kappa shape index (κ2) is 5.18. The molecule has 5 nitrogen and oxygen atoms in total. The minimum Gasteiger partial charge on any atom is -0.480 e. The summed E-state index contributed by atoms with van der Waals surface area (Å²) in [6.07, 6.45) is 0. The number of carbonyl (C=O) groups excluding carboxylic acids is 1. The summed E-state index contributed by atoms with van der Waals surface area (Å²) < 4.78 is 4.98. The van der Waals surface area contributed by atoms with E-state index in [0.717, 1.165) is 11.1 Å². The lowest BCUT2D eigenvalue weighted by Gasteiger charge is -2.33. The lowest BCUT2D eigenvalue weighted by molar-refractivity contribution is -0.163. The molecule has 0 aliphatic carbocycles. The Morgan fingerprint density at radius 3 is 2.89 bits per heavy atom. The van der Waals surface area contributed by atoms with Gasteiger partial charge in [-0.15, -0.1) is 0 Å². The van der Waals surface area contributed by atoms with Gasteiger partial charge in [0.05, 0.1) is 6.61 Å². The van der Waals surface area contributed by atoms with Crippen LogP contribution in [-0.2, 0) is 20.9 Å². The molecule has 0 saturated carbocycles. The van der Waals surface area contributed by atoms with Crippen LogP contribution in [-0.4, -0.2) is 41.1 Å². The molecular weight excluding hydrogens is 234 g/mol. The number of rotatable bonds is 3. The molecule has 18 heavy (non-hydrogen) atoms. The Hall–Kier alpha value is -1.88. The lowest BCUT2D eigenvalue weighted by atomic mass is 10.1. The van der Waals surface area contributed by atoms with E-state index in [2.05, 4.69) is 0 Å². The number of amides is 1. The summed E-state index contributed by atoms with van der Waals surface area (Å²) in [6, 6.07) is 6.73. The zero-order chi connectivity index (χ0) is 13.1. The smallest absolute Gasteiger partial charge is 0.328 e. The molecule has 0 spiro atoms. The summed E-state index contributed by atoms with van der Waals surface area (Å²) in [5.74, 6) is -1.31. The summed E-state index contributed by atoms with van der Waals surface area (Å²) >= 11 is 0. The average molecular weight is 249 g/mol. The summed E-state index contributed by atoms with van der Waals surface area (Å²) in [6.45, 7) is 2.25. The summed E-state index contributed by atoms with van der Waals surface area (Å²) in [4.78, 5) is 24.2. The van der Waals surface area contributed by atoms with E-state index in [-0.39, 0.29) is 19.1 Å². The molecule has 0 radical (unpaired) electrons. The Balaban J connectivity index is 2.21. The molecule has 1 unspecified atom stereocenters. The normalized spacial score (nSPS) is 19.9. The first kappa shape index (κ1) is 12.6. The molecule has 96 valence electrons. The second-order valence-corrected chi connectivity index (χ2v) is 4.32. The minimum absolute atomic E-state index is 0.0460. The summed E-state index contributed by atoms with van der Waals surface area (Å²) in [5, 5.41) is 9.10. The van der Waals surface area contributed by atoms with Gasteiger partial charge in [0, 0.05) is 6.54 Å². The molecule has 1 heterocycles. The van der Waals surface area contributed by atoms with Crippen molar-refractivity contribution in [2.45, 2.75) is 19.5 Å². The number of hydrogen-bond donors (Lipinski definition) is 1. The molecule has 1 aromatic rings. The monoisotopic (exact) mass is 249 g/mol. The van der Waals surface area contributed by atoms with Crippen LogP contribution in [0.25, 0.3) is 0 Å². The largest absolute Gasteiger partial charge is 0.480 e. The highest BCUT2D eigenvalue weighted by Crippen LogP contribution is 2.16. The van der Waals surface area contributed by atoms with Crippen LogP contribution in [0.4, 0.5) is 0 Å². The van der Waals surface area contributed by atoms with Gasteiger partial charge in [-0.3, -0.25) is 4.79 Å². The van der Waals surface area contributed by atoms with Crippen LogP contribution < -0.4 is 0 Å². The van der Waals surface area contributed by atoms with E-state index in [9.17, 15) is 9.59 Å². The number of morpholine rings is 1. The van der Waals surface area contributed by atoms with Crippen LogP contribution in [0.2, 0.25) is 0 Å². The van der Waals surface area contributed by atoms with Gasteiger partial charge in [-0.25, -0.2) is 4.79 Å². The Labute approximate surface area is 105 Å². The molecule has 0 aromatic heterocycles. The predicted octanol–water partition coefficient (Wildman–Crippen LogP) is 0.807. The van der Waals surface area contributed by atoms with E-state index in [1.54, 1.807) is 0 Å². The van der Waals surface area contributed by atoms with Crippen molar-refractivity contribution < 1.29 is 19.4 Å². The number of aryl methyl sites for hydroxylation is 1. The van der Waals surface area contributed by atoms with Gasteiger partial charge in [-0.1, -0.05) is 24.3 Å². The Kier molecular flexibility index (Phi) is 3.62. The van der Waals surface area contributed by atoms with Crippen LogP contribution in [0, 0.1) is 6.92 Å². The summed E-state index contributed by atoms with van der Waals surface area (Å²) in [7, 11) is 0. The Bertz CT molecular complexity index is 472. The van der Waals surface area contributed by atoms with Gasteiger partial charge in [0.2, 0.25) is 5.91 Å². The van der Waals surface area contributed by atoms with E-state index in [1.807, 2.05) is 31.2 Å². The standard InChI is InChI=1S/C13H15NO4/c1-9-4-2-3-5-10(9)6-14-11(13(16)17)7-18-8-12(14)15/h2-5,11H,6-8H2,1H3,(H,16,17). The Morgan fingerprint density at radius 1 is 1.50 bits per heavy atom. The Morgan fingerprint density at radius 2 is 2.22 bits per heavy atom. The van der Waals surface area contributed by atoms with Gasteiger partial charge in [0.15, 0.2) is 6.04 Å². The molecule has 1 amide bonds. The fourth-order valence-electron chi connectivity index (χ4n) is 1.98. The van der Waals surface area contributed by atoms with E-state index in [0.29, 0.717) is 6.54 Å². The minimum atomic E-state index is -1.03. The van der Waals surface area contributed by atoms with E-state index in [4.69, 9.17) is 9.84 Å². The maximum Gasteiger partial charge on any atom is 0.328 e. The molecule has 2 rings (SSSR count). The highest BCUT2D eigenvalue weighted by Gasteiger charge is 2.33. The van der Waals surface area contributed by atoms with Crippen molar-refractivity contribution in [1.82, 2.24) is 4.90 Å². The zero-order valence-electron chi connectivity index (χ0n) is 10.1. The number of ether oxygens (including phenoxy) is 1. The van der Waals surface area contributed by atoms with Crippen molar-refractivity contribution in [2.24, 2.45) is 0 Å². The number of hydrogen-bond acceptors (Lipinski definition) is 3. The van der Waals surface area contributed by atoms with Crippen molar-refractivity contribution in [2.75, 3.05) is 13.2 Å². The van der Waals surface area contributed by atoms with Gasteiger partial charge in [0.25, 0.3) is 0 Å². The molecule has 5 heteroatoms. The van der Waals surface area contributed by atoms with E-state index >= 15 is 0 Å². The van der Waals surface area contributed by atoms with Gasteiger partial charge in [-0.2, -0.15) is 0 Å².